The lowest BCUT2D eigenvalue weighted by atomic mass is 9.96. The minimum Gasteiger partial charge on any atom is -0.496 e. The molecule has 5 heteroatoms. The maximum absolute atomic E-state index is 13.1. The molecule has 3 rings (SSSR count). The zero-order chi connectivity index (χ0) is 19.6. The molecule has 0 N–H and O–H groups in total. The maximum Gasteiger partial charge on any atom is 0.417 e. The van der Waals surface area contributed by atoms with Gasteiger partial charge in [-0.2, -0.15) is 0 Å². The van der Waals surface area contributed by atoms with E-state index in [0.717, 1.165) is 21.6 Å². The molecule has 0 aliphatic carbocycles. The Hall–Kier alpha value is -3.08. The third-order valence-corrected chi connectivity index (χ3v) is 4.19. The summed E-state index contributed by atoms with van der Waals surface area (Å²) in [6.07, 6.45) is -0.647. The smallest absolute Gasteiger partial charge is 0.417 e. The summed E-state index contributed by atoms with van der Waals surface area (Å²) in [4.78, 5) is 26.9. The van der Waals surface area contributed by atoms with Gasteiger partial charge in [0.2, 0.25) is 0 Å². The molecule has 2 aromatic carbocycles. The first kappa shape index (κ1) is 18.7. The molecule has 0 aromatic heterocycles. The Labute approximate surface area is 159 Å². The molecule has 0 atom stereocenters. The van der Waals surface area contributed by atoms with Gasteiger partial charge in [0.1, 0.15) is 11.4 Å². The van der Waals surface area contributed by atoms with E-state index in [-0.39, 0.29) is 12.5 Å². The van der Waals surface area contributed by atoms with Crippen LogP contribution in [-0.4, -0.2) is 36.2 Å². The predicted molar refractivity (Wildman–Crippen MR) is 104 cm³/mol. The summed E-state index contributed by atoms with van der Waals surface area (Å²) in [6, 6.07) is 16.8. The number of hydrogen-bond donors (Lipinski definition) is 0. The van der Waals surface area contributed by atoms with Crippen LogP contribution in [0.5, 0.6) is 5.75 Å². The number of carbonyl (C=O) groups excluding carboxylic acids is 2. The Morgan fingerprint density at radius 3 is 2.26 bits per heavy atom. The Bertz CT molecular complexity index is 894. The number of carbonyl (C=O) groups is 2. The van der Waals surface area contributed by atoms with Crippen LogP contribution in [0.3, 0.4) is 0 Å². The van der Waals surface area contributed by atoms with Crippen molar-refractivity contribution < 1.29 is 19.1 Å². The Balaban J connectivity index is 2.09. The van der Waals surface area contributed by atoms with Crippen LogP contribution in [-0.2, 0) is 9.53 Å². The largest absolute Gasteiger partial charge is 0.496 e. The zero-order valence-corrected chi connectivity index (χ0v) is 16.0. The quantitative estimate of drug-likeness (QED) is 0.810. The fraction of sp³-hybridized carbons (Fsp3) is 0.273. The number of hydrogen-bond acceptors (Lipinski definition) is 4. The van der Waals surface area contributed by atoms with E-state index in [1.54, 1.807) is 27.9 Å². The summed E-state index contributed by atoms with van der Waals surface area (Å²) in [6.45, 7) is 5.46. The number of amides is 2. The monoisotopic (exact) mass is 365 g/mol. The minimum absolute atomic E-state index is 0.137. The molecule has 2 aromatic rings. The topological polar surface area (TPSA) is 55.8 Å². The van der Waals surface area contributed by atoms with E-state index in [1.165, 1.54) is 0 Å². The van der Waals surface area contributed by atoms with Crippen molar-refractivity contribution in [1.29, 1.82) is 0 Å². The number of imide groups is 1. The zero-order valence-electron chi connectivity index (χ0n) is 16.0. The molecule has 0 saturated carbocycles. The first-order valence-electron chi connectivity index (χ1n) is 8.78. The number of methoxy groups -OCH3 is 1. The Kier molecular flexibility index (Phi) is 5.04. The first-order chi connectivity index (χ1) is 12.8. The number of rotatable bonds is 3. The van der Waals surface area contributed by atoms with E-state index in [2.05, 4.69) is 0 Å². The van der Waals surface area contributed by atoms with E-state index in [1.807, 2.05) is 54.6 Å². The number of benzene rings is 2. The average Bonchev–Trinajstić information content (AvgIpc) is 2.98. The second kappa shape index (κ2) is 7.27. The molecule has 1 heterocycles. The standard InChI is InChI=1S/C22H23NO4/c1-22(2,3)27-21(25)23-14-17(16-12-8-9-13-18(16)26-4)19(20(23)24)15-10-6-5-7-11-15/h5-13H,14H2,1-4H3. The molecule has 0 fully saturated rings. The van der Waals surface area contributed by atoms with Gasteiger partial charge < -0.3 is 9.47 Å². The molecule has 27 heavy (non-hydrogen) atoms. The van der Waals surface area contributed by atoms with Gasteiger partial charge in [0.15, 0.2) is 0 Å². The van der Waals surface area contributed by atoms with Crippen LogP contribution in [0.25, 0.3) is 11.1 Å². The van der Waals surface area contributed by atoms with Crippen molar-refractivity contribution >= 4 is 23.1 Å². The van der Waals surface area contributed by atoms with Gasteiger partial charge in [-0.15, -0.1) is 0 Å². The summed E-state index contributed by atoms with van der Waals surface area (Å²) in [7, 11) is 1.59. The molecular weight excluding hydrogens is 342 g/mol. The molecule has 140 valence electrons. The lowest BCUT2D eigenvalue weighted by Gasteiger charge is -2.23. The molecule has 1 aliphatic heterocycles. The van der Waals surface area contributed by atoms with Crippen LogP contribution in [0.15, 0.2) is 54.6 Å². The normalized spacial score (nSPS) is 14.5. The van der Waals surface area contributed by atoms with Gasteiger partial charge in [-0.3, -0.25) is 4.79 Å². The molecular formula is C22H23NO4. The van der Waals surface area contributed by atoms with Crippen LogP contribution < -0.4 is 4.74 Å². The summed E-state index contributed by atoms with van der Waals surface area (Å²) in [5.41, 5.74) is 2.10. The lowest BCUT2D eigenvalue weighted by Crippen LogP contribution is -2.38. The number of para-hydroxylation sites is 1. The van der Waals surface area contributed by atoms with E-state index in [4.69, 9.17) is 9.47 Å². The summed E-state index contributed by atoms with van der Waals surface area (Å²) in [5, 5.41) is 0. The highest BCUT2D eigenvalue weighted by atomic mass is 16.6. The van der Waals surface area contributed by atoms with Crippen LogP contribution in [0.4, 0.5) is 4.79 Å². The van der Waals surface area contributed by atoms with Crippen molar-refractivity contribution in [2.75, 3.05) is 13.7 Å². The van der Waals surface area contributed by atoms with Crippen LogP contribution >= 0.6 is 0 Å². The summed E-state index contributed by atoms with van der Waals surface area (Å²) >= 11 is 0. The van der Waals surface area contributed by atoms with Gasteiger partial charge in [0.05, 0.1) is 19.2 Å². The molecule has 5 nitrogen and oxygen atoms in total. The fourth-order valence-corrected chi connectivity index (χ4v) is 3.05. The van der Waals surface area contributed by atoms with Crippen molar-refractivity contribution in [1.82, 2.24) is 4.90 Å². The highest BCUT2D eigenvalue weighted by Crippen LogP contribution is 2.38. The Morgan fingerprint density at radius 2 is 1.63 bits per heavy atom. The van der Waals surface area contributed by atoms with E-state index in [0.29, 0.717) is 11.3 Å². The highest BCUT2D eigenvalue weighted by molar-refractivity contribution is 6.33. The van der Waals surface area contributed by atoms with Gasteiger partial charge in [0.25, 0.3) is 5.91 Å². The summed E-state index contributed by atoms with van der Waals surface area (Å²) in [5.74, 6) is 0.288. The molecule has 2 amide bonds. The summed E-state index contributed by atoms with van der Waals surface area (Å²) < 4.78 is 10.9. The molecule has 0 spiro atoms. The maximum atomic E-state index is 13.1. The van der Waals surface area contributed by atoms with Crippen molar-refractivity contribution in [3.63, 3.8) is 0 Å². The van der Waals surface area contributed by atoms with Crippen molar-refractivity contribution in [3.05, 3.63) is 65.7 Å². The highest BCUT2D eigenvalue weighted by Gasteiger charge is 2.38. The number of ether oxygens (including phenoxy) is 2. The number of nitrogens with zero attached hydrogens (tertiary/aromatic N) is 1. The van der Waals surface area contributed by atoms with Gasteiger partial charge in [-0.05, 0) is 38.0 Å². The SMILES string of the molecule is COc1ccccc1C1=C(c2ccccc2)C(=O)N(C(=O)OC(C)(C)C)C1. The van der Waals surface area contributed by atoms with Gasteiger partial charge in [-0.1, -0.05) is 48.5 Å². The van der Waals surface area contributed by atoms with E-state index in [9.17, 15) is 9.59 Å². The van der Waals surface area contributed by atoms with E-state index >= 15 is 0 Å². The van der Waals surface area contributed by atoms with Crippen molar-refractivity contribution in [2.24, 2.45) is 0 Å². The predicted octanol–water partition coefficient (Wildman–Crippen LogP) is 4.38. The van der Waals surface area contributed by atoms with Crippen molar-refractivity contribution in [3.8, 4) is 5.75 Å². The molecule has 0 unspecified atom stereocenters. The second-order valence-corrected chi connectivity index (χ2v) is 7.29. The van der Waals surface area contributed by atoms with Crippen LogP contribution in [0, 0.1) is 0 Å². The minimum atomic E-state index is -0.683. The third-order valence-electron chi connectivity index (χ3n) is 4.19. The van der Waals surface area contributed by atoms with Crippen molar-refractivity contribution in [2.45, 2.75) is 26.4 Å². The second-order valence-electron chi connectivity index (χ2n) is 7.29. The van der Waals surface area contributed by atoms with E-state index < -0.39 is 11.7 Å². The van der Waals surface area contributed by atoms with Crippen LogP contribution in [0.1, 0.15) is 31.9 Å². The third kappa shape index (κ3) is 3.87. The first-order valence-corrected chi connectivity index (χ1v) is 8.78. The molecule has 0 saturated heterocycles. The van der Waals surface area contributed by atoms with Crippen LogP contribution in [0.2, 0.25) is 0 Å². The Morgan fingerprint density at radius 1 is 1.00 bits per heavy atom. The lowest BCUT2D eigenvalue weighted by molar-refractivity contribution is -0.122. The van der Waals surface area contributed by atoms with Gasteiger partial charge in [0, 0.05) is 5.56 Å². The van der Waals surface area contributed by atoms with Gasteiger partial charge >= 0.3 is 6.09 Å². The average molecular weight is 365 g/mol. The molecule has 0 bridgehead atoms. The molecule has 0 radical (unpaired) electrons. The fourth-order valence-electron chi connectivity index (χ4n) is 3.05. The van der Waals surface area contributed by atoms with Gasteiger partial charge in [-0.25, -0.2) is 9.69 Å². The molecule has 1 aliphatic rings.